The highest BCUT2D eigenvalue weighted by molar-refractivity contribution is 5.98. The molecule has 0 saturated carbocycles. The number of ketones is 1. The zero-order chi connectivity index (χ0) is 13.7. The number of rotatable bonds is 6. The highest BCUT2D eigenvalue weighted by Crippen LogP contribution is 2.12. The highest BCUT2D eigenvalue weighted by atomic mass is 16.5. The van der Waals surface area contributed by atoms with Crippen molar-refractivity contribution < 1.29 is 9.53 Å². The van der Waals surface area contributed by atoms with Crippen LogP contribution in [0.15, 0.2) is 12.3 Å². The quantitative estimate of drug-likeness (QED) is 0.733. The molecule has 106 valence electrons. The average molecular weight is 265 g/mol. The molecule has 2 rings (SSSR count). The van der Waals surface area contributed by atoms with Gasteiger partial charge >= 0.3 is 0 Å². The van der Waals surface area contributed by atoms with Gasteiger partial charge in [-0.2, -0.15) is 5.10 Å². The van der Waals surface area contributed by atoms with Gasteiger partial charge in [-0.3, -0.25) is 14.4 Å². The van der Waals surface area contributed by atoms with Crippen molar-refractivity contribution in [3.8, 4) is 0 Å². The summed E-state index contributed by atoms with van der Waals surface area (Å²) < 4.78 is 7.42. The fraction of sp³-hybridized carbons (Fsp3) is 0.714. The summed E-state index contributed by atoms with van der Waals surface area (Å²) in [5, 5.41) is 4.20. The van der Waals surface area contributed by atoms with Crippen molar-refractivity contribution in [1.29, 1.82) is 0 Å². The van der Waals surface area contributed by atoms with E-state index in [-0.39, 0.29) is 11.9 Å². The molecule has 1 aliphatic heterocycles. The second-order valence-electron chi connectivity index (χ2n) is 4.96. The van der Waals surface area contributed by atoms with Crippen LogP contribution < -0.4 is 0 Å². The minimum atomic E-state index is -0.340. The zero-order valence-corrected chi connectivity index (χ0v) is 11.8. The third-order valence-corrected chi connectivity index (χ3v) is 3.39. The smallest absolute Gasteiger partial charge is 0.210 e. The van der Waals surface area contributed by atoms with Crippen molar-refractivity contribution in [3.63, 3.8) is 0 Å². The second-order valence-corrected chi connectivity index (χ2v) is 4.96. The van der Waals surface area contributed by atoms with E-state index in [4.69, 9.17) is 4.74 Å². The molecule has 0 bridgehead atoms. The lowest BCUT2D eigenvalue weighted by atomic mass is 10.1. The second kappa shape index (κ2) is 6.82. The first kappa shape index (κ1) is 14.2. The Morgan fingerprint density at radius 2 is 2.21 bits per heavy atom. The van der Waals surface area contributed by atoms with Gasteiger partial charge in [-0.05, 0) is 25.5 Å². The monoisotopic (exact) mass is 265 g/mol. The van der Waals surface area contributed by atoms with Gasteiger partial charge in [-0.25, -0.2) is 0 Å². The molecule has 1 aromatic rings. The largest absolute Gasteiger partial charge is 0.367 e. The summed E-state index contributed by atoms with van der Waals surface area (Å²) in [7, 11) is 0. The lowest BCUT2D eigenvalue weighted by Crippen LogP contribution is -2.46. The maximum absolute atomic E-state index is 12.5. The van der Waals surface area contributed by atoms with Gasteiger partial charge in [0.25, 0.3) is 0 Å². The van der Waals surface area contributed by atoms with Crippen molar-refractivity contribution >= 4 is 5.78 Å². The molecule has 1 saturated heterocycles. The fourth-order valence-corrected chi connectivity index (χ4v) is 2.48. The number of hydrogen-bond donors (Lipinski definition) is 0. The molecule has 0 aromatic carbocycles. The van der Waals surface area contributed by atoms with Crippen LogP contribution in [0.3, 0.4) is 0 Å². The van der Waals surface area contributed by atoms with E-state index in [2.05, 4.69) is 23.8 Å². The van der Waals surface area contributed by atoms with Crippen LogP contribution in [0.5, 0.6) is 0 Å². The van der Waals surface area contributed by atoms with Gasteiger partial charge in [-0.1, -0.05) is 13.8 Å². The summed E-state index contributed by atoms with van der Waals surface area (Å²) in [5.41, 5.74) is 0.671. The minimum Gasteiger partial charge on any atom is -0.367 e. The number of nitrogens with zero attached hydrogens (tertiary/aromatic N) is 3. The number of aromatic nitrogens is 2. The molecule has 0 radical (unpaired) electrons. The number of aryl methyl sites for hydroxylation is 1. The zero-order valence-electron chi connectivity index (χ0n) is 11.8. The molecule has 19 heavy (non-hydrogen) atoms. The first-order valence-electron chi connectivity index (χ1n) is 7.16. The Bertz CT molecular complexity index is 415. The van der Waals surface area contributed by atoms with E-state index in [0.717, 1.165) is 32.5 Å². The Balaban J connectivity index is 2.04. The van der Waals surface area contributed by atoms with E-state index in [1.807, 2.05) is 0 Å². The lowest BCUT2D eigenvalue weighted by molar-refractivity contribution is -0.0168. The molecule has 5 nitrogen and oxygen atoms in total. The van der Waals surface area contributed by atoms with Crippen LogP contribution >= 0.6 is 0 Å². The topological polar surface area (TPSA) is 47.4 Å². The number of hydrogen-bond acceptors (Lipinski definition) is 4. The third kappa shape index (κ3) is 3.42. The first-order chi connectivity index (χ1) is 9.26. The molecule has 0 spiro atoms. The lowest BCUT2D eigenvalue weighted by Gasteiger charge is -2.31. The molecule has 1 unspecified atom stereocenters. The van der Waals surface area contributed by atoms with E-state index in [1.54, 1.807) is 16.9 Å². The normalized spacial score (nSPS) is 20.6. The van der Waals surface area contributed by atoms with Crippen LogP contribution in [-0.4, -0.2) is 52.8 Å². The fourth-order valence-electron chi connectivity index (χ4n) is 2.48. The predicted molar refractivity (Wildman–Crippen MR) is 73.3 cm³/mol. The van der Waals surface area contributed by atoms with Gasteiger partial charge in [0, 0.05) is 25.8 Å². The third-order valence-electron chi connectivity index (χ3n) is 3.39. The Morgan fingerprint density at radius 3 is 2.95 bits per heavy atom. The SMILES string of the molecule is CCCN1CCOC(C(=O)c2ccnn2CCC)C1. The molecule has 0 N–H and O–H groups in total. The number of ether oxygens (including phenoxy) is 1. The van der Waals surface area contributed by atoms with Crippen LogP contribution in [0, 0.1) is 0 Å². The molecule has 5 heteroatoms. The number of Topliss-reactive ketones (excluding diaryl/α,β-unsaturated/α-hetero) is 1. The van der Waals surface area contributed by atoms with E-state index in [9.17, 15) is 4.79 Å². The van der Waals surface area contributed by atoms with E-state index in [0.29, 0.717) is 18.8 Å². The van der Waals surface area contributed by atoms with Crippen molar-refractivity contribution in [2.75, 3.05) is 26.2 Å². The summed E-state index contributed by atoms with van der Waals surface area (Å²) in [4.78, 5) is 14.8. The molecule has 1 aromatic heterocycles. The van der Waals surface area contributed by atoms with E-state index < -0.39 is 0 Å². The van der Waals surface area contributed by atoms with Gasteiger partial charge < -0.3 is 4.74 Å². The number of morpholine rings is 1. The number of carbonyl (C=O) groups is 1. The predicted octanol–water partition coefficient (Wildman–Crippen LogP) is 1.59. The molecule has 0 amide bonds. The van der Waals surface area contributed by atoms with Gasteiger partial charge in [0.2, 0.25) is 5.78 Å². The van der Waals surface area contributed by atoms with Crippen molar-refractivity contribution in [2.24, 2.45) is 0 Å². The van der Waals surface area contributed by atoms with Gasteiger partial charge in [0.15, 0.2) is 0 Å². The molecule has 1 atom stereocenters. The van der Waals surface area contributed by atoms with Crippen molar-refractivity contribution in [2.45, 2.75) is 39.3 Å². The maximum atomic E-state index is 12.5. The van der Waals surface area contributed by atoms with Crippen LogP contribution in [0.2, 0.25) is 0 Å². The van der Waals surface area contributed by atoms with Gasteiger partial charge in [0.1, 0.15) is 11.8 Å². The molecular weight excluding hydrogens is 242 g/mol. The Morgan fingerprint density at radius 1 is 1.42 bits per heavy atom. The Kier molecular flexibility index (Phi) is 5.10. The van der Waals surface area contributed by atoms with Crippen molar-refractivity contribution in [3.05, 3.63) is 18.0 Å². The summed E-state index contributed by atoms with van der Waals surface area (Å²) in [5.74, 6) is 0.0618. The molecule has 1 aliphatic rings. The highest BCUT2D eigenvalue weighted by Gasteiger charge is 2.28. The van der Waals surface area contributed by atoms with Crippen LogP contribution in [0.1, 0.15) is 37.2 Å². The molecule has 1 fully saturated rings. The molecular formula is C14H23N3O2. The van der Waals surface area contributed by atoms with Crippen molar-refractivity contribution in [1.82, 2.24) is 14.7 Å². The van der Waals surface area contributed by atoms with E-state index in [1.165, 1.54) is 0 Å². The Hall–Kier alpha value is -1.20. The van der Waals surface area contributed by atoms with Crippen LogP contribution in [0.25, 0.3) is 0 Å². The van der Waals surface area contributed by atoms with Gasteiger partial charge in [-0.15, -0.1) is 0 Å². The Labute approximate surface area is 114 Å². The first-order valence-corrected chi connectivity index (χ1v) is 7.16. The molecule has 0 aliphatic carbocycles. The average Bonchev–Trinajstić information content (AvgIpc) is 2.87. The van der Waals surface area contributed by atoms with E-state index >= 15 is 0 Å². The minimum absolute atomic E-state index is 0.0618. The summed E-state index contributed by atoms with van der Waals surface area (Å²) in [6.07, 6.45) is 3.42. The summed E-state index contributed by atoms with van der Waals surface area (Å²) >= 11 is 0. The van der Waals surface area contributed by atoms with Crippen LogP contribution in [-0.2, 0) is 11.3 Å². The van der Waals surface area contributed by atoms with Crippen LogP contribution in [0.4, 0.5) is 0 Å². The van der Waals surface area contributed by atoms with Gasteiger partial charge in [0.05, 0.1) is 6.61 Å². The summed E-state index contributed by atoms with van der Waals surface area (Å²) in [6.45, 7) is 8.30. The summed E-state index contributed by atoms with van der Waals surface area (Å²) in [6, 6.07) is 1.79. The number of carbonyl (C=O) groups excluding carboxylic acids is 1. The standard InChI is InChI=1S/C14H23N3O2/c1-3-7-16-9-10-19-13(11-16)14(18)12-5-6-15-17(12)8-4-2/h5-6,13H,3-4,7-11H2,1-2H3. The molecule has 2 heterocycles. The maximum Gasteiger partial charge on any atom is 0.210 e.